The lowest BCUT2D eigenvalue weighted by Gasteiger charge is -2.37. The van der Waals surface area contributed by atoms with E-state index < -0.39 is 5.97 Å². The number of carboxylic acid groups (broad SMARTS) is 1. The van der Waals surface area contributed by atoms with Crippen LogP contribution in [0, 0.1) is 5.92 Å². The van der Waals surface area contributed by atoms with Crippen LogP contribution < -0.4 is 14.2 Å². The Labute approximate surface area is 188 Å². The number of nitrogens with zero attached hydrogens (tertiary/aromatic N) is 1. The second kappa shape index (κ2) is 9.49. The van der Waals surface area contributed by atoms with Crippen LogP contribution in [0.5, 0.6) is 17.2 Å². The van der Waals surface area contributed by atoms with Gasteiger partial charge in [-0.05, 0) is 66.0 Å². The molecular weight excluding hydrogens is 406 g/mol. The molecule has 0 bridgehead atoms. The van der Waals surface area contributed by atoms with Gasteiger partial charge in [0.05, 0.1) is 33.3 Å². The molecule has 6 heteroatoms. The Morgan fingerprint density at radius 1 is 0.875 bits per heavy atom. The van der Waals surface area contributed by atoms with Crippen LogP contribution in [0.2, 0.25) is 0 Å². The highest BCUT2D eigenvalue weighted by molar-refractivity contribution is 5.83. The molecule has 168 valence electrons. The number of carboxylic acids is 1. The lowest BCUT2D eigenvalue weighted by molar-refractivity contribution is -0.143. The summed E-state index contributed by atoms with van der Waals surface area (Å²) in [6, 6.07) is 18.7. The van der Waals surface area contributed by atoms with E-state index in [9.17, 15) is 9.90 Å². The molecule has 1 saturated heterocycles. The zero-order valence-corrected chi connectivity index (χ0v) is 18.7. The number of hydrogen-bond donors (Lipinski definition) is 1. The second-order valence-electron chi connectivity index (χ2n) is 8.12. The molecule has 3 aromatic rings. The third-order valence-corrected chi connectivity index (χ3v) is 6.34. The summed E-state index contributed by atoms with van der Waals surface area (Å²) in [5.74, 6) is 0.768. The summed E-state index contributed by atoms with van der Waals surface area (Å²) in [5, 5.41) is 11.8. The van der Waals surface area contributed by atoms with Crippen LogP contribution >= 0.6 is 0 Å². The van der Waals surface area contributed by atoms with Crippen LogP contribution in [0.3, 0.4) is 0 Å². The highest BCUT2D eigenvalue weighted by atomic mass is 16.5. The Morgan fingerprint density at radius 2 is 1.50 bits per heavy atom. The summed E-state index contributed by atoms with van der Waals surface area (Å²) >= 11 is 0. The first-order valence-corrected chi connectivity index (χ1v) is 10.8. The van der Waals surface area contributed by atoms with Crippen molar-refractivity contribution in [2.45, 2.75) is 18.9 Å². The molecular formula is C26H29NO5. The highest BCUT2D eigenvalue weighted by Gasteiger charge is 2.31. The van der Waals surface area contributed by atoms with E-state index in [-0.39, 0.29) is 12.0 Å². The second-order valence-corrected chi connectivity index (χ2v) is 8.12. The van der Waals surface area contributed by atoms with Gasteiger partial charge in [-0.1, -0.05) is 36.4 Å². The van der Waals surface area contributed by atoms with Gasteiger partial charge < -0.3 is 19.3 Å². The Hall–Kier alpha value is -3.25. The molecule has 1 unspecified atom stereocenters. The number of piperidine rings is 1. The first kappa shape index (κ1) is 22.0. The molecule has 0 aliphatic carbocycles. The van der Waals surface area contributed by atoms with Crippen molar-refractivity contribution in [3.63, 3.8) is 0 Å². The van der Waals surface area contributed by atoms with Crippen LogP contribution in [0.25, 0.3) is 10.8 Å². The van der Waals surface area contributed by atoms with E-state index >= 15 is 0 Å². The maximum atomic E-state index is 11.5. The van der Waals surface area contributed by atoms with E-state index in [1.54, 1.807) is 21.3 Å². The van der Waals surface area contributed by atoms with Crippen LogP contribution in [-0.2, 0) is 4.79 Å². The minimum absolute atomic E-state index is 0.0666. The van der Waals surface area contributed by atoms with Crippen molar-refractivity contribution in [3.8, 4) is 17.2 Å². The monoisotopic (exact) mass is 435 g/mol. The molecule has 0 saturated carbocycles. The number of likely N-dealkylation sites (tertiary alicyclic amines) is 1. The number of benzene rings is 3. The largest absolute Gasteiger partial charge is 0.493 e. The molecule has 0 aromatic heterocycles. The fourth-order valence-electron chi connectivity index (χ4n) is 4.66. The molecule has 6 nitrogen and oxygen atoms in total. The fourth-order valence-corrected chi connectivity index (χ4v) is 4.66. The lowest BCUT2D eigenvalue weighted by atomic mass is 9.90. The number of ether oxygens (including phenoxy) is 3. The molecule has 1 fully saturated rings. The molecule has 1 heterocycles. The van der Waals surface area contributed by atoms with E-state index in [1.807, 2.05) is 24.3 Å². The number of hydrogen-bond acceptors (Lipinski definition) is 5. The summed E-state index contributed by atoms with van der Waals surface area (Å²) < 4.78 is 16.7. The third kappa shape index (κ3) is 4.23. The zero-order chi connectivity index (χ0) is 22.7. The van der Waals surface area contributed by atoms with Gasteiger partial charge in [0.2, 0.25) is 5.75 Å². The summed E-state index contributed by atoms with van der Waals surface area (Å²) in [6.07, 6.45) is 1.26. The molecule has 0 amide bonds. The molecule has 0 radical (unpaired) electrons. The molecule has 0 spiro atoms. The molecule has 1 N–H and O–H groups in total. The van der Waals surface area contributed by atoms with Crippen LogP contribution in [0.15, 0.2) is 54.6 Å². The SMILES string of the molecule is COc1cc(C(c2ccc3ccccc3c2)N2CCC(C(=O)O)CC2)cc(OC)c1OC. The van der Waals surface area contributed by atoms with E-state index in [1.165, 1.54) is 10.8 Å². The number of carbonyl (C=O) groups is 1. The summed E-state index contributed by atoms with van der Waals surface area (Å²) in [6.45, 7) is 1.40. The number of fused-ring (bicyclic) bond motifs is 1. The number of aliphatic carboxylic acids is 1. The Kier molecular flexibility index (Phi) is 6.51. The van der Waals surface area contributed by atoms with Crippen LogP contribution in [0.1, 0.15) is 30.0 Å². The van der Waals surface area contributed by atoms with Crippen molar-refractivity contribution in [2.24, 2.45) is 5.92 Å². The first-order chi connectivity index (χ1) is 15.5. The van der Waals surface area contributed by atoms with Crippen molar-refractivity contribution in [2.75, 3.05) is 34.4 Å². The quantitative estimate of drug-likeness (QED) is 0.578. The minimum atomic E-state index is -0.709. The van der Waals surface area contributed by atoms with Crippen molar-refractivity contribution in [1.82, 2.24) is 4.90 Å². The summed E-state index contributed by atoms with van der Waals surface area (Å²) in [4.78, 5) is 13.8. The lowest BCUT2D eigenvalue weighted by Crippen LogP contribution is -2.39. The van der Waals surface area contributed by atoms with E-state index in [2.05, 4.69) is 35.2 Å². The van der Waals surface area contributed by atoms with Gasteiger partial charge in [0.25, 0.3) is 0 Å². The fraction of sp³-hybridized carbons (Fsp3) is 0.346. The van der Waals surface area contributed by atoms with E-state index in [0.29, 0.717) is 43.2 Å². The maximum Gasteiger partial charge on any atom is 0.306 e. The zero-order valence-electron chi connectivity index (χ0n) is 18.7. The predicted molar refractivity (Wildman–Crippen MR) is 124 cm³/mol. The molecule has 4 rings (SSSR count). The number of methoxy groups -OCH3 is 3. The number of rotatable bonds is 7. The minimum Gasteiger partial charge on any atom is -0.493 e. The van der Waals surface area contributed by atoms with E-state index in [4.69, 9.17) is 14.2 Å². The van der Waals surface area contributed by atoms with Gasteiger partial charge in [-0.2, -0.15) is 0 Å². The molecule has 1 aliphatic heterocycles. The average Bonchev–Trinajstić information content (AvgIpc) is 2.83. The Balaban J connectivity index is 1.81. The topological polar surface area (TPSA) is 68.2 Å². The smallest absolute Gasteiger partial charge is 0.306 e. The van der Waals surface area contributed by atoms with Gasteiger partial charge in [0.15, 0.2) is 11.5 Å². The van der Waals surface area contributed by atoms with Gasteiger partial charge in [0.1, 0.15) is 0 Å². The highest BCUT2D eigenvalue weighted by Crippen LogP contribution is 2.43. The van der Waals surface area contributed by atoms with E-state index in [0.717, 1.165) is 11.1 Å². The maximum absolute atomic E-state index is 11.5. The van der Waals surface area contributed by atoms with Crippen molar-refractivity contribution < 1.29 is 24.1 Å². The predicted octanol–water partition coefficient (Wildman–Crippen LogP) is 4.75. The molecule has 1 aliphatic rings. The van der Waals surface area contributed by atoms with Gasteiger partial charge in [-0.25, -0.2) is 0 Å². The average molecular weight is 436 g/mol. The van der Waals surface area contributed by atoms with Crippen LogP contribution in [-0.4, -0.2) is 50.4 Å². The first-order valence-electron chi connectivity index (χ1n) is 10.8. The van der Waals surface area contributed by atoms with Crippen molar-refractivity contribution in [3.05, 3.63) is 65.7 Å². The molecule has 3 aromatic carbocycles. The molecule has 32 heavy (non-hydrogen) atoms. The third-order valence-electron chi connectivity index (χ3n) is 6.34. The Morgan fingerprint density at radius 3 is 2.06 bits per heavy atom. The van der Waals surface area contributed by atoms with Gasteiger partial charge >= 0.3 is 5.97 Å². The van der Waals surface area contributed by atoms with Gasteiger partial charge in [-0.15, -0.1) is 0 Å². The normalized spacial score (nSPS) is 16.0. The van der Waals surface area contributed by atoms with Gasteiger partial charge in [0, 0.05) is 0 Å². The summed E-state index contributed by atoms with van der Waals surface area (Å²) in [5.41, 5.74) is 2.16. The molecule has 1 atom stereocenters. The van der Waals surface area contributed by atoms with Crippen molar-refractivity contribution in [1.29, 1.82) is 0 Å². The standard InChI is InChI=1S/C26H29NO5/c1-30-22-15-21(16-23(31-2)25(22)32-3)24(27-12-10-18(11-13-27)26(28)29)20-9-8-17-6-4-5-7-19(17)14-20/h4-9,14-16,18,24H,10-13H2,1-3H3,(H,28,29). The van der Waals surface area contributed by atoms with Gasteiger partial charge in [-0.3, -0.25) is 9.69 Å². The summed E-state index contributed by atoms with van der Waals surface area (Å²) in [7, 11) is 4.83. The van der Waals surface area contributed by atoms with Crippen molar-refractivity contribution >= 4 is 16.7 Å². The Bertz CT molecular complexity index is 1080. The van der Waals surface area contributed by atoms with Crippen LogP contribution in [0.4, 0.5) is 0 Å².